The maximum absolute atomic E-state index is 4.91. The number of nitrogens with one attached hydrogen (secondary N) is 2. The monoisotopic (exact) mass is 113 g/mol. The first-order valence-electron chi connectivity index (χ1n) is 2.64. The molecule has 0 saturated carbocycles. The Morgan fingerprint density at radius 3 is 3.62 bits per heavy atom. The topological polar surface area (TPSA) is 45.6 Å². The second-order valence-electron chi connectivity index (χ2n) is 1.86. The SMILES string of the molecule is C1N=C2ONCC2N1. The van der Waals surface area contributed by atoms with Gasteiger partial charge in [0.25, 0.3) is 0 Å². The van der Waals surface area contributed by atoms with Crippen molar-refractivity contribution in [1.82, 2.24) is 10.8 Å². The summed E-state index contributed by atoms with van der Waals surface area (Å²) in [5, 5.41) is 3.13. The first-order chi connectivity index (χ1) is 3.97. The van der Waals surface area contributed by atoms with Crippen LogP contribution in [-0.4, -0.2) is 25.2 Å². The summed E-state index contributed by atoms with van der Waals surface area (Å²) < 4.78 is 0. The summed E-state index contributed by atoms with van der Waals surface area (Å²) in [4.78, 5) is 8.93. The zero-order valence-electron chi connectivity index (χ0n) is 4.35. The van der Waals surface area contributed by atoms with E-state index < -0.39 is 0 Å². The number of hydroxylamine groups is 1. The van der Waals surface area contributed by atoms with E-state index in [1.807, 2.05) is 0 Å². The summed E-state index contributed by atoms with van der Waals surface area (Å²) in [5.41, 5.74) is 2.73. The molecule has 0 amide bonds. The fourth-order valence-electron chi connectivity index (χ4n) is 0.893. The second-order valence-corrected chi connectivity index (χ2v) is 1.86. The normalized spacial score (nSPS) is 34.0. The van der Waals surface area contributed by atoms with Gasteiger partial charge in [-0.25, -0.2) is 4.99 Å². The van der Waals surface area contributed by atoms with Crippen molar-refractivity contribution in [2.45, 2.75) is 6.04 Å². The lowest BCUT2D eigenvalue weighted by atomic mass is 10.3. The maximum Gasteiger partial charge on any atom is 0.229 e. The Morgan fingerprint density at radius 1 is 1.75 bits per heavy atom. The lowest BCUT2D eigenvalue weighted by Crippen LogP contribution is -2.29. The number of nitrogens with zero attached hydrogens (tertiary/aromatic N) is 1. The van der Waals surface area contributed by atoms with Gasteiger partial charge in [-0.3, -0.25) is 5.32 Å². The molecule has 1 unspecified atom stereocenters. The molecule has 0 aromatic heterocycles. The molecule has 2 rings (SSSR count). The third kappa shape index (κ3) is 0.439. The van der Waals surface area contributed by atoms with Crippen LogP contribution in [0.3, 0.4) is 0 Å². The molecule has 0 aromatic carbocycles. The highest BCUT2D eigenvalue weighted by Gasteiger charge is 2.27. The Bertz CT molecular complexity index is 133. The molecule has 0 bridgehead atoms. The van der Waals surface area contributed by atoms with Crippen molar-refractivity contribution in [2.24, 2.45) is 4.99 Å². The quantitative estimate of drug-likeness (QED) is 0.417. The van der Waals surface area contributed by atoms with Gasteiger partial charge in [-0.1, -0.05) is 0 Å². The van der Waals surface area contributed by atoms with E-state index in [4.69, 9.17) is 4.84 Å². The van der Waals surface area contributed by atoms with Gasteiger partial charge in [0, 0.05) is 0 Å². The summed E-state index contributed by atoms with van der Waals surface area (Å²) in [6.07, 6.45) is 0. The van der Waals surface area contributed by atoms with Crippen LogP contribution in [0, 0.1) is 0 Å². The Morgan fingerprint density at radius 2 is 2.75 bits per heavy atom. The third-order valence-electron chi connectivity index (χ3n) is 1.33. The van der Waals surface area contributed by atoms with Crippen molar-refractivity contribution in [3.05, 3.63) is 0 Å². The summed E-state index contributed by atoms with van der Waals surface area (Å²) in [6, 6.07) is 0.343. The van der Waals surface area contributed by atoms with Gasteiger partial charge in [0.1, 0.15) is 6.04 Å². The van der Waals surface area contributed by atoms with Crippen LogP contribution in [0.2, 0.25) is 0 Å². The van der Waals surface area contributed by atoms with Gasteiger partial charge in [0.05, 0.1) is 13.2 Å². The van der Waals surface area contributed by atoms with Crippen LogP contribution < -0.4 is 10.8 Å². The van der Waals surface area contributed by atoms with E-state index in [0.29, 0.717) is 12.7 Å². The van der Waals surface area contributed by atoms with Crippen molar-refractivity contribution in [3.8, 4) is 0 Å². The Hall–Kier alpha value is -0.610. The zero-order valence-corrected chi connectivity index (χ0v) is 4.35. The molecular formula is C4H7N3O. The maximum atomic E-state index is 4.91. The number of hydrogen-bond acceptors (Lipinski definition) is 4. The molecule has 0 aromatic rings. The molecule has 4 heteroatoms. The van der Waals surface area contributed by atoms with Gasteiger partial charge >= 0.3 is 0 Å². The van der Waals surface area contributed by atoms with Crippen LogP contribution in [0.25, 0.3) is 0 Å². The first kappa shape index (κ1) is 4.29. The van der Waals surface area contributed by atoms with Crippen LogP contribution in [0.5, 0.6) is 0 Å². The smallest absolute Gasteiger partial charge is 0.229 e. The van der Waals surface area contributed by atoms with Gasteiger partial charge < -0.3 is 4.84 Å². The molecule has 2 heterocycles. The fraction of sp³-hybridized carbons (Fsp3) is 0.750. The predicted octanol–water partition coefficient (Wildman–Crippen LogP) is -1.15. The Labute approximate surface area is 46.9 Å². The molecule has 0 aliphatic carbocycles. The second kappa shape index (κ2) is 1.43. The van der Waals surface area contributed by atoms with Gasteiger partial charge in [-0.2, -0.15) is 5.48 Å². The highest BCUT2D eigenvalue weighted by molar-refractivity contribution is 5.84. The van der Waals surface area contributed by atoms with Crippen molar-refractivity contribution < 1.29 is 4.84 Å². The fourth-order valence-corrected chi connectivity index (χ4v) is 0.893. The van der Waals surface area contributed by atoms with Crippen LogP contribution in [0.1, 0.15) is 0 Å². The molecule has 0 radical (unpaired) electrons. The van der Waals surface area contributed by atoms with Gasteiger partial charge in [0.15, 0.2) is 0 Å². The minimum atomic E-state index is 0.343. The van der Waals surface area contributed by atoms with Crippen LogP contribution in [0.4, 0.5) is 0 Å². The molecule has 1 saturated heterocycles. The lowest BCUT2D eigenvalue weighted by Gasteiger charge is -1.94. The molecular weight excluding hydrogens is 106 g/mol. The largest absolute Gasteiger partial charge is 0.392 e. The van der Waals surface area contributed by atoms with E-state index in [0.717, 1.165) is 12.4 Å². The zero-order chi connectivity index (χ0) is 5.40. The van der Waals surface area contributed by atoms with E-state index in [1.165, 1.54) is 0 Å². The molecule has 44 valence electrons. The van der Waals surface area contributed by atoms with E-state index in [9.17, 15) is 0 Å². The van der Waals surface area contributed by atoms with Crippen LogP contribution >= 0.6 is 0 Å². The summed E-state index contributed by atoms with van der Waals surface area (Å²) >= 11 is 0. The molecule has 8 heavy (non-hydrogen) atoms. The number of rotatable bonds is 0. The van der Waals surface area contributed by atoms with Gasteiger partial charge in [-0.05, 0) is 0 Å². The summed E-state index contributed by atoms with van der Waals surface area (Å²) in [7, 11) is 0. The highest BCUT2D eigenvalue weighted by Crippen LogP contribution is 2.01. The Balaban J connectivity index is 2.20. The van der Waals surface area contributed by atoms with Crippen molar-refractivity contribution in [3.63, 3.8) is 0 Å². The van der Waals surface area contributed by atoms with Crippen molar-refractivity contribution in [2.75, 3.05) is 13.2 Å². The molecule has 2 aliphatic heterocycles. The van der Waals surface area contributed by atoms with Crippen molar-refractivity contribution >= 4 is 5.90 Å². The molecule has 2 aliphatic rings. The van der Waals surface area contributed by atoms with Crippen molar-refractivity contribution in [1.29, 1.82) is 0 Å². The lowest BCUT2D eigenvalue weighted by molar-refractivity contribution is 0.219. The van der Waals surface area contributed by atoms with Crippen LogP contribution in [0.15, 0.2) is 4.99 Å². The van der Waals surface area contributed by atoms with Gasteiger partial charge in [0.2, 0.25) is 5.90 Å². The van der Waals surface area contributed by atoms with E-state index in [1.54, 1.807) is 0 Å². The predicted molar refractivity (Wildman–Crippen MR) is 28.3 cm³/mol. The highest BCUT2D eigenvalue weighted by atomic mass is 16.7. The van der Waals surface area contributed by atoms with Crippen LogP contribution in [-0.2, 0) is 4.84 Å². The van der Waals surface area contributed by atoms with Gasteiger partial charge in [-0.15, -0.1) is 0 Å². The van der Waals surface area contributed by atoms with E-state index >= 15 is 0 Å². The molecule has 1 atom stereocenters. The molecule has 4 nitrogen and oxygen atoms in total. The third-order valence-corrected chi connectivity index (χ3v) is 1.33. The minimum absolute atomic E-state index is 0.343. The number of fused-ring (bicyclic) bond motifs is 1. The Kier molecular flexibility index (Phi) is 0.767. The molecule has 2 N–H and O–H groups in total. The number of aliphatic imine (C=N–C) groups is 1. The molecule has 0 spiro atoms. The van der Waals surface area contributed by atoms with E-state index in [-0.39, 0.29) is 0 Å². The minimum Gasteiger partial charge on any atom is -0.392 e. The average molecular weight is 113 g/mol. The first-order valence-corrected chi connectivity index (χ1v) is 2.64. The van der Waals surface area contributed by atoms with E-state index in [2.05, 4.69) is 15.8 Å². The summed E-state index contributed by atoms with van der Waals surface area (Å²) in [5.74, 6) is 0.810. The molecule has 1 fully saturated rings. The standard InChI is InChI=1S/C4H7N3O/c1-3-4(8-7-1)6-2-5-3/h3,5,7H,1-2H2. The summed E-state index contributed by atoms with van der Waals surface area (Å²) in [6.45, 7) is 1.56. The average Bonchev–Trinajstić information content (AvgIpc) is 2.15. The number of hydrogen-bond donors (Lipinski definition) is 2.